The van der Waals surface area contributed by atoms with Gasteiger partial charge >= 0.3 is 0 Å². The molecule has 2 aromatic carbocycles. The van der Waals surface area contributed by atoms with Crippen LogP contribution in [0.25, 0.3) is 0 Å². The summed E-state index contributed by atoms with van der Waals surface area (Å²) in [6.45, 7) is 1.31. The van der Waals surface area contributed by atoms with Gasteiger partial charge in [-0.3, -0.25) is 9.59 Å². The largest absolute Gasteiger partial charge is 0.493 e. The Labute approximate surface area is 158 Å². The van der Waals surface area contributed by atoms with Crippen molar-refractivity contribution < 1.29 is 19.1 Å². The molecule has 2 aromatic rings. The van der Waals surface area contributed by atoms with Crippen LogP contribution in [0.2, 0.25) is 0 Å². The van der Waals surface area contributed by atoms with Crippen LogP contribution >= 0.6 is 0 Å². The SMILES string of the molecule is COc1ccc(C(=O)N2CC(=O)N3CCc4ccccc4[C@H]3C2)cc1OC. The van der Waals surface area contributed by atoms with Gasteiger partial charge in [-0.25, -0.2) is 0 Å². The van der Waals surface area contributed by atoms with Gasteiger partial charge in [0.1, 0.15) is 6.54 Å². The standard InChI is InChI=1S/C21H22N2O4/c1-26-18-8-7-15(11-19(18)27-2)21(25)22-12-17-16-6-4-3-5-14(16)9-10-23(17)20(24)13-22/h3-8,11,17H,9-10,12-13H2,1-2H3/t17-/m1/s1. The van der Waals surface area contributed by atoms with Crippen LogP contribution < -0.4 is 9.47 Å². The minimum absolute atomic E-state index is 0.00502. The number of hydrogen-bond acceptors (Lipinski definition) is 4. The summed E-state index contributed by atoms with van der Waals surface area (Å²) in [5.41, 5.74) is 2.88. The van der Waals surface area contributed by atoms with Gasteiger partial charge in [0.25, 0.3) is 5.91 Å². The Hall–Kier alpha value is -3.02. The number of carbonyl (C=O) groups excluding carboxylic acids is 2. The van der Waals surface area contributed by atoms with Crippen LogP contribution in [0.1, 0.15) is 27.5 Å². The summed E-state index contributed by atoms with van der Waals surface area (Å²) in [5, 5.41) is 0. The lowest BCUT2D eigenvalue weighted by molar-refractivity contribution is -0.139. The van der Waals surface area contributed by atoms with Crippen molar-refractivity contribution in [2.75, 3.05) is 33.9 Å². The minimum Gasteiger partial charge on any atom is -0.493 e. The number of piperazine rings is 1. The molecule has 6 nitrogen and oxygen atoms in total. The predicted molar refractivity (Wildman–Crippen MR) is 100 cm³/mol. The Morgan fingerprint density at radius 2 is 1.85 bits per heavy atom. The molecule has 1 fully saturated rings. The second-order valence-corrected chi connectivity index (χ2v) is 6.81. The topological polar surface area (TPSA) is 59.1 Å². The van der Waals surface area contributed by atoms with E-state index < -0.39 is 0 Å². The van der Waals surface area contributed by atoms with E-state index >= 15 is 0 Å². The molecule has 2 aliphatic heterocycles. The fraction of sp³-hybridized carbons (Fsp3) is 0.333. The Bertz CT molecular complexity index is 896. The van der Waals surface area contributed by atoms with Crippen molar-refractivity contribution in [1.29, 1.82) is 0 Å². The zero-order chi connectivity index (χ0) is 19.0. The van der Waals surface area contributed by atoms with Gasteiger partial charge in [0, 0.05) is 18.7 Å². The highest BCUT2D eigenvalue weighted by Crippen LogP contribution is 2.34. The van der Waals surface area contributed by atoms with Crippen LogP contribution in [0, 0.1) is 0 Å². The molecule has 2 aliphatic rings. The van der Waals surface area contributed by atoms with Gasteiger partial charge in [0.05, 0.1) is 20.3 Å². The van der Waals surface area contributed by atoms with Gasteiger partial charge in [-0.2, -0.15) is 0 Å². The van der Waals surface area contributed by atoms with E-state index in [1.165, 1.54) is 12.7 Å². The smallest absolute Gasteiger partial charge is 0.254 e. The molecule has 27 heavy (non-hydrogen) atoms. The number of methoxy groups -OCH3 is 2. The number of carbonyl (C=O) groups is 2. The first-order chi connectivity index (χ1) is 13.1. The van der Waals surface area contributed by atoms with E-state index in [0.717, 1.165) is 12.0 Å². The van der Waals surface area contributed by atoms with E-state index in [1.54, 1.807) is 30.2 Å². The molecule has 6 heteroatoms. The highest BCUT2D eigenvalue weighted by molar-refractivity contribution is 5.97. The zero-order valence-electron chi connectivity index (χ0n) is 15.5. The van der Waals surface area contributed by atoms with Crippen molar-refractivity contribution >= 4 is 11.8 Å². The fourth-order valence-corrected chi connectivity index (χ4v) is 3.98. The number of fused-ring (bicyclic) bond motifs is 3. The highest BCUT2D eigenvalue weighted by Gasteiger charge is 2.38. The molecule has 0 unspecified atom stereocenters. The zero-order valence-corrected chi connectivity index (χ0v) is 15.5. The second kappa shape index (κ2) is 6.95. The van der Waals surface area contributed by atoms with Gasteiger partial charge in [-0.05, 0) is 35.7 Å². The maximum Gasteiger partial charge on any atom is 0.254 e. The van der Waals surface area contributed by atoms with Crippen molar-refractivity contribution in [3.8, 4) is 11.5 Å². The number of ether oxygens (including phenoxy) is 2. The molecule has 1 saturated heterocycles. The summed E-state index contributed by atoms with van der Waals surface area (Å²) < 4.78 is 10.5. The molecular formula is C21H22N2O4. The normalized spacial score (nSPS) is 18.6. The third-order valence-electron chi connectivity index (χ3n) is 5.37. The van der Waals surface area contributed by atoms with Gasteiger partial charge in [-0.1, -0.05) is 24.3 Å². The Balaban J connectivity index is 1.62. The van der Waals surface area contributed by atoms with Gasteiger partial charge in [-0.15, -0.1) is 0 Å². The van der Waals surface area contributed by atoms with Crippen molar-refractivity contribution in [2.24, 2.45) is 0 Å². The molecular weight excluding hydrogens is 344 g/mol. The van der Waals surface area contributed by atoms with Crippen molar-refractivity contribution in [2.45, 2.75) is 12.5 Å². The molecule has 1 atom stereocenters. The lowest BCUT2D eigenvalue weighted by atomic mass is 9.90. The molecule has 0 bridgehead atoms. The summed E-state index contributed by atoms with van der Waals surface area (Å²) >= 11 is 0. The monoisotopic (exact) mass is 366 g/mol. The highest BCUT2D eigenvalue weighted by atomic mass is 16.5. The summed E-state index contributed by atoms with van der Waals surface area (Å²) in [6.07, 6.45) is 0.863. The minimum atomic E-state index is -0.174. The number of nitrogens with zero attached hydrogens (tertiary/aromatic N) is 2. The van der Waals surface area contributed by atoms with E-state index in [9.17, 15) is 9.59 Å². The number of amides is 2. The van der Waals surface area contributed by atoms with E-state index in [-0.39, 0.29) is 24.4 Å². The third kappa shape index (κ3) is 3.01. The van der Waals surface area contributed by atoms with Crippen molar-refractivity contribution in [1.82, 2.24) is 9.80 Å². The van der Waals surface area contributed by atoms with Crippen LogP contribution in [-0.2, 0) is 11.2 Å². The molecule has 0 spiro atoms. The number of benzene rings is 2. The maximum atomic E-state index is 13.1. The Morgan fingerprint density at radius 1 is 1.07 bits per heavy atom. The van der Waals surface area contributed by atoms with Gasteiger partial charge in [0.2, 0.25) is 5.91 Å². The summed E-state index contributed by atoms with van der Waals surface area (Å²) in [5.74, 6) is 0.883. The Morgan fingerprint density at radius 3 is 2.63 bits per heavy atom. The first kappa shape index (κ1) is 17.4. The summed E-state index contributed by atoms with van der Waals surface area (Å²) in [6, 6.07) is 13.2. The van der Waals surface area contributed by atoms with Crippen LogP contribution in [0.5, 0.6) is 11.5 Å². The van der Waals surface area contributed by atoms with Gasteiger partial charge in [0.15, 0.2) is 11.5 Å². The molecule has 0 aliphatic carbocycles. The van der Waals surface area contributed by atoms with Crippen LogP contribution in [0.15, 0.2) is 42.5 Å². The molecule has 0 aromatic heterocycles. The fourth-order valence-electron chi connectivity index (χ4n) is 3.98. The Kier molecular flexibility index (Phi) is 4.48. The second-order valence-electron chi connectivity index (χ2n) is 6.81. The molecule has 0 N–H and O–H groups in total. The summed E-state index contributed by atoms with van der Waals surface area (Å²) in [7, 11) is 3.09. The van der Waals surface area contributed by atoms with E-state index in [0.29, 0.717) is 30.2 Å². The number of rotatable bonds is 3. The van der Waals surface area contributed by atoms with Crippen LogP contribution in [0.3, 0.4) is 0 Å². The average Bonchev–Trinajstić information content (AvgIpc) is 2.72. The lowest BCUT2D eigenvalue weighted by Crippen LogP contribution is -2.55. The molecule has 2 amide bonds. The average molecular weight is 366 g/mol. The van der Waals surface area contributed by atoms with Crippen LogP contribution in [-0.4, -0.2) is 55.5 Å². The van der Waals surface area contributed by atoms with E-state index in [1.807, 2.05) is 17.0 Å². The van der Waals surface area contributed by atoms with E-state index in [2.05, 4.69) is 12.1 Å². The van der Waals surface area contributed by atoms with E-state index in [4.69, 9.17) is 9.47 Å². The first-order valence-electron chi connectivity index (χ1n) is 9.01. The lowest BCUT2D eigenvalue weighted by Gasteiger charge is -2.44. The van der Waals surface area contributed by atoms with Crippen LogP contribution in [0.4, 0.5) is 0 Å². The quantitative estimate of drug-likeness (QED) is 0.836. The molecule has 0 saturated carbocycles. The molecule has 0 radical (unpaired) electrons. The molecule has 2 heterocycles. The third-order valence-corrected chi connectivity index (χ3v) is 5.37. The summed E-state index contributed by atoms with van der Waals surface area (Å²) in [4.78, 5) is 29.3. The van der Waals surface area contributed by atoms with Gasteiger partial charge < -0.3 is 19.3 Å². The number of hydrogen-bond donors (Lipinski definition) is 0. The molecule has 4 rings (SSSR count). The first-order valence-corrected chi connectivity index (χ1v) is 9.01. The van der Waals surface area contributed by atoms with Crippen molar-refractivity contribution in [3.05, 3.63) is 59.2 Å². The maximum absolute atomic E-state index is 13.1. The van der Waals surface area contributed by atoms with Crippen molar-refractivity contribution in [3.63, 3.8) is 0 Å². The molecule has 140 valence electrons. The predicted octanol–water partition coefficient (Wildman–Crippen LogP) is 2.29.